The zero-order valence-electron chi connectivity index (χ0n) is 12.9. The van der Waals surface area contributed by atoms with E-state index in [1.54, 1.807) is 19.1 Å². The molecule has 0 aliphatic carbocycles. The minimum atomic E-state index is -0.285. The summed E-state index contributed by atoms with van der Waals surface area (Å²) in [5.74, 6) is -0.107. The van der Waals surface area contributed by atoms with Gasteiger partial charge in [0.25, 0.3) is 5.91 Å². The summed E-state index contributed by atoms with van der Waals surface area (Å²) in [5.41, 5.74) is 0. The van der Waals surface area contributed by atoms with Crippen LogP contribution in [0, 0.1) is 0 Å². The Hall–Kier alpha value is -1.46. The Morgan fingerprint density at radius 2 is 2.00 bits per heavy atom. The number of benzene rings is 1. The fourth-order valence-electron chi connectivity index (χ4n) is 1.74. The van der Waals surface area contributed by atoms with Gasteiger partial charge in [0.2, 0.25) is 5.91 Å². The lowest BCUT2D eigenvalue weighted by atomic mass is 10.3. The van der Waals surface area contributed by atoms with E-state index in [0.717, 1.165) is 0 Å². The minimum absolute atomic E-state index is 0.00518. The number of hydrogen-bond acceptors (Lipinski definition) is 3. The molecule has 0 fully saturated rings. The fraction of sp³-hybridized carbons (Fsp3) is 0.467. The van der Waals surface area contributed by atoms with Crippen molar-refractivity contribution in [3.05, 3.63) is 28.2 Å². The molecule has 0 unspecified atom stereocenters. The van der Waals surface area contributed by atoms with Crippen LogP contribution in [0.5, 0.6) is 5.75 Å². The molecule has 0 saturated carbocycles. The van der Waals surface area contributed by atoms with Crippen LogP contribution < -0.4 is 10.1 Å². The van der Waals surface area contributed by atoms with Gasteiger partial charge in [0.05, 0.1) is 11.6 Å². The monoisotopic (exact) mass is 346 g/mol. The first-order chi connectivity index (χ1) is 10.3. The number of ether oxygens (including phenoxy) is 1. The van der Waals surface area contributed by atoms with Crippen molar-refractivity contribution in [1.29, 1.82) is 0 Å². The molecular formula is C15H20Cl2N2O3. The highest BCUT2D eigenvalue weighted by molar-refractivity contribution is 6.35. The normalized spacial score (nSPS) is 10.5. The molecule has 0 aromatic heterocycles. The molecule has 0 bridgehead atoms. The van der Waals surface area contributed by atoms with Gasteiger partial charge in [0.15, 0.2) is 6.61 Å². The number of rotatable bonds is 7. The maximum absolute atomic E-state index is 12.1. The number of hydrogen-bond donors (Lipinski definition) is 1. The summed E-state index contributed by atoms with van der Waals surface area (Å²) in [6.07, 6.45) is 0. The Kier molecular flexibility index (Phi) is 7.48. The SMILES string of the molecule is CCN(CC(=O)NC(C)C)C(=O)COc1ccc(Cl)cc1Cl. The van der Waals surface area contributed by atoms with Crippen molar-refractivity contribution in [3.8, 4) is 5.75 Å². The van der Waals surface area contributed by atoms with Crippen LogP contribution in [-0.4, -0.2) is 42.5 Å². The van der Waals surface area contributed by atoms with Gasteiger partial charge in [-0.25, -0.2) is 0 Å². The van der Waals surface area contributed by atoms with Crippen LogP contribution in [0.1, 0.15) is 20.8 Å². The van der Waals surface area contributed by atoms with Gasteiger partial charge < -0.3 is 15.0 Å². The first-order valence-corrected chi connectivity index (χ1v) is 7.74. The van der Waals surface area contributed by atoms with Crippen LogP contribution in [0.2, 0.25) is 10.0 Å². The van der Waals surface area contributed by atoms with E-state index in [-0.39, 0.29) is 31.0 Å². The molecule has 2 amide bonds. The summed E-state index contributed by atoms with van der Waals surface area (Å²) in [6.45, 7) is 5.76. The first-order valence-electron chi connectivity index (χ1n) is 6.98. The predicted octanol–water partition coefficient (Wildman–Crippen LogP) is 2.75. The second kappa shape index (κ2) is 8.86. The quantitative estimate of drug-likeness (QED) is 0.825. The third kappa shape index (κ3) is 6.12. The molecule has 22 heavy (non-hydrogen) atoms. The lowest BCUT2D eigenvalue weighted by Crippen LogP contribution is -2.44. The summed E-state index contributed by atoms with van der Waals surface area (Å²) >= 11 is 11.8. The van der Waals surface area contributed by atoms with Crippen molar-refractivity contribution < 1.29 is 14.3 Å². The fourth-order valence-corrected chi connectivity index (χ4v) is 2.20. The highest BCUT2D eigenvalue weighted by Crippen LogP contribution is 2.27. The highest BCUT2D eigenvalue weighted by Gasteiger charge is 2.17. The number of carbonyl (C=O) groups excluding carboxylic acids is 2. The summed E-state index contributed by atoms with van der Waals surface area (Å²) in [6, 6.07) is 4.79. The third-order valence-corrected chi connectivity index (χ3v) is 3.29. The van der Waals surface area contributed by atoms with Crippen molar-refractivity contribution in [2.75, 3.05) is 19.7 Å². The Labute approximate surface area is 140 Å². The number of nitrogens with one attached hydrogen (secondary N) is 1. The molecule has 1 aromatic carbocycles. The molecular weight excluding hydrogens is 327 g/mol. The van der Waals surface area contributed by atoms with Gasteiger partial charge in [-0.15, -0.1) is 0 Å². The van der Waals surface area contributed by atoms with Crippen molar-refractivity contribution in [2.24, 2.45) is 0 Å². The van der Waals surface area contributed by atoms with E-state index in [0.29, 0.717) is 22.3 Å². The number of halogens is 2. The number of likely N-dealkylation sites (N-methyl/N-ethyl adjacent to an activating group) is 1. The molecule has 0 heterocycles. The second-order valence-electron chi connectivity index (χ2n) is 4.99. The molecule has 0 spiro atoms. The Morgan fingerprint density at radius 1 is 1.32 bits per heavy atom. The van der Waals surface area contributed by atoms with Crippen molar-refractivity contribution in [2.45, 2.75) is 26.8 Å². The van der Waals surface area contributed by atoms with E-state index in [9.17, 15) is 9.59 Å². The van der Waals surface area contributed by atoms with Crippen LogP contribution in [0.15, 0.2) is 18.2 Å². The van der Waals surface area contributed by atoms with Crippen LogP contribution in [0.4, 0.5) is 0 Å². The second-order valence-corrected chi connectivity index (χ2v) is 5.84. The van der Waals surface area contributed by atoms with E-state index in [2.05, 4.69) is 5.32 Å². The van der Waals surface area contributed by atoms with Gasteiger partial charge in [0, 0.05) is 17.6 Å². The molecule has 1 aromatic rings. The van der Waals surface area contributed by atoms with Crippen molar-refractivity contribution in [3.63, 3.8) is 0 Å². The van der Waals surface area contributed by atoms with Crippen LogP contribution in [0.25, 0.3) is 0 Å². The molecule has 5 nitrogen and oxygen atoms in total. The molecule has 0 radical (unpaired) electrons. The summed E-state index contributed by atoms with van der Waals surface area (Å²) in [7, 11) is 0. The van der Waals surface area contributed by atoms with Gasteiger partial charge in [-0.1, -0.05) is 23.2 Å². The largest absolute Gasteiger partial charge is 0.482 e. The van der Waals surface area contributed by atoms with Crippen LogP contribution in [-0.2, 0) is 9.59 Å². The topological polar surface area (TPSA) is 58.6 Å². The predicted molar refractivity (Wildman–Crippen MR) is 87.5 cm³/mol. The Morgan fingerprint density at radius 3 is 2.55 bits per heavy atom. The van der Waals surface area contributed by atoms with E-state index >= 15 is 0 Å². The van der Waals surface area contributed by atoms with Gasteiger partial charge in [-0.05, 0) is 39.0 Å². The van der Waals surface area contributed by atoms with Crippen molar-refractivity contribution >= 4 is 35.0 Å². The number of amides is 2. The molecule has 0 saturated heterocycles. The summed E-state index contributed by atoms with van der Waals surface area (Å²) < 4.78 is 5.39. The minimum Gasteiger partial charge on any atom is -0.482 e. The van der Waals surface area contributed by atoms with Crippen LogP contribution >= 0.6 is 23.2 Å². The molecule has 7 heteroatoms. The van der Waals surface area contributed by atoms with Crippen molar-refractivity contribution in [1.82, 2.24) is 10.2 Å². The molecule has 0 aliphatic rings. The van der Waals surface area contributed by atoms with Gasteiger partial charge in [-0.3, -0.25) is 9.59 Å². The van der Waals surface area contributed by atoms with Gasteiger partial charge in [-0.2, -0.15) is 0 Å². The molecule has 122 valence electrons. The van der Waals surface area contributed by atoms with E-state index < -0.39 is 0 Å². The third-order valence-electron chi connectivity index (χ3n) is 2.76. The average molecular weight is 347 g/mol. The van der Waals surface area contributed by atoms with E-state index in [1.165, 1.54) is 11.0 Å². The summed E-state index contributed by atoms with van der Waals surface area (Å²) in [4.78, 5) is 25.2. The lowest BCUT2D eigenvalue weighted by Gasteiger charge is -2.21. The molecule has 1 rings (SSSR count). The average Bonchev–Trinajstić information content (AvgIpc) is 2.42. The maximum Gasteiger partial charge on any atom is 0.260 e. The Balaban J connectivity index is 2.56. The molecule has 1 N–H and O–H groups in total. The standard InChI is InChI=1S/C15H20Cl2N2O3/c1-4-19(8-14(20)18-10(2)3)15(21)9-22-13-6-5-11(16)7-12(13)17/h5-7,10H,4,8-9H2,1-3H3,(H,18,20). The van der Waals surface area contributed by atoms with E-state index in [4.69, 9.17) is 27.9 Å². The molecule has 0 aliphatic heterocycles. The van der Waals surface area contributed by atoms with Gasteiger partial charge >= 0.3 is 0 Å². The lowest BCUT2D eigenvalue weighted by molar-refractivity contribution is -0.137. The smallest absolute Gasteiger partial charge is 0.260 e. The van der Waals surface area contributed by atoms with Crippen LogP contribution in [0.3, 0.4) is 0 Å². The van der Waals surface area contributed by atoms with E-state index in [1.807, 2.05) is 13.8 Å². The number of carbonyl (C=O) groups is 2. The Bertz CT molecular complexity index is 536. The zero-order chi connectivity index (χ0) is 16.7. The molecule has 0 atom stereocenters. The zero-order valence-corrected chi connectivity index (χ0v) is 14.4. The summed E-state index contributed by atoms with van der Waals surface area (Å²) in [5, 5.41) is 3.57. The highest BCUT2D eigenvalue weighted by atomic mass is 35.5. The first kappa shape index (κ1) is 18.6. The van der Waals surface area contributed by atoms with Gasteiger partial charge in [0.1, 0.15) is 5.75 Å². The number of nitrogens with zero attached hydrogens (tertiary/aromatic N) is 1. The maximum atomic E-state index is 12.1.